The third-order valence-electron chi connectivity index (χ3n) is 3.74. The molecule has 0 spiro atoms. The van der Waals surface area contributed by atoms with Gasteiger partial charge in [-0.1, -0.05) is 17.7 Å². The van der Waals surface area contributed by atoms with Gasteiger partial charge in [0.15, 0.2) is 0 Å². The molecule has 1 heterocycles. The van der Waals surface area contributed by atoms with E-state index >= 15 is 0 Å². The minimum absolute atomic E-state index is 0.0588. The smallest absolute Gasteiger partial charge is 0.404 e. The maximum absolute atomic E-state index is 14.4. The number of ether oxygens (including phenoxy) is 1. The molecule has 0 aliphatic carbocycles. The second-order valence-corrected chi connectivity index (χ2v) is 8.83. The molecule has 0 aliphatic heterocycles. The second-order valence-electron chi connectivity index (χ2n) is 5.99. The van der Waals surface area contributed by atoms with Gasteiger partial charge in [-0.3, -0.25) is 9.52 Å². The molecule has 0 saturated heterocycles. The molecule has 0 saturated carbocycles. The molecule has 0 radical (unpaired) electrons. The quantitative estimate of drug-likeness (QED) is 0.466. The Labute approximate surface area is 187 Å². The largest absolute Gasteiger partial charge is 0.573 e. The zero-order valence-corrected chi connectivity index (χ0v) is 17.9. The summed E-state index contributed by atoms with van der Waals surface area (Å²) in [4.78, 5) is 15.2. The average molecular weight is 511 g/mol. The van der Waals surface area contributed by atoms with E-state index in [-0.39, 0.29) is 22.3 Å². The molecule has 1 amide bonds. The molecular formula is C17H11ClF4N4O4S2. The van der Waals surface area contributed by atoms with E-state index < -0.39 is 38.8 Å². The summed E-state index contributed by atoms with van der Waals surface area (Å²) >= 11 is 6.50. The van der Waals surface area contributed by atoms with E-state index in [9.17, 15) is 30.8 Å². The van der Waals surface area contributed by atoms with Crippen LogP contribution in [0.1, 0.15) is 15.9 Å². The van der Waals surface area contributed by atoms with Crippen LogP contribution < -0.4 is 14.8 Å². The number of hydrogen-bond acceptors (Lipinski definition) is 7. The number of hydrogen-bond donors (Lipinski definition) is 2. The van der Waals surface area contributed by atoms with Crippen LogP contribution >= 0.6 is 23.1 Å². The number of alkyl halides is 3. The molecule has 8 nitrogen and oxygen atoms in total. The van der Waals surface area contributed by atoms with Gasteiger partial charge < -0.3 is 10.1 Å². The summed E-state index contributed by atoms with van der Waals surface area (Å²) in [6, 6.07) is 6.15. The van der Waals surface area contributed by atoms with Gasteiger partial charge in [-0.15, -0.1) is 13.2 Å². The number of amides is 1. The second kappa shape index (κ2) is 9.26. The molecule has 0 unspecified atom stereocenters. The summed E-state index contributed by atoms with van der Waals surface area (Å²) in [5, 5.41) is 2.04. The van der Waals surface area contributed by atoms with E-state index in [0.29, 0.717) is 5.56 Å². The molecule has 1 aromatic heterocycles. The lowest BCUT2D eigenvalue weighted by Crippen LogP contribution is -2.23. The Morgan fingerprint density at radius 2 is 1.94 bits per heavy atom. The monoisotopic (exact) mass is 510 g/mol. The van der Waals surface area contributed by atoms with Crippen molar-refractivity contribution in [1.82, 2.24) is 14.7 Å². The van der Waals surface area contributed by atoms with E-state index in [1.807, 2.05) is 0 Å². The molecule has 2 N–H and O–H groups in total. The van der Waals surface area contributed by atoms with E-state index in [4.69, 9.17) is 11.6 Å². The normalized spacial score (nSPS) is 11.8. The fourth-order valence-electron chi connectivity index (χ4n) is 2.39. The fourth-order valence-corrected chi connectivity index (χ4v) is 4.36. The Kier molecular flexibility index (Phi) is 6.85. The lowest BCUT2D eigenvalue weighted by Gasteiger charge is -2.12. The third kappa shape index (κ3) is 6.05. The van der Waals surface area contributed by atoms with Crippen LogP contribution in [0.3, 0.4) is 0 Å². The zero-order valence-electron chi connectivity index (χ0n) is 15.5. The topological polar surface area (TPSA) is 110 Å². The standard InChI is InChI=1S/C17H11ClF4N4O4S2/c18-11-5-9(1-3-13(11)30-17(20,21)22)7-23-15(27)10-2-4-14(12(19)6-10)32(28,29)26-16-24-8-25-31-16/h1-6,8H,7H2,(H,23,27)(H,24,25,26). The molecular weight excluding hydrogens is 500 g/mol. The molecule has 15 heteroatoms. The van der Waals surface area contributed by atoms with Gasteiger partial charge in [0.2, 0.25) is 5.13 Å². The molecule has 0 bridgehead atoms. The number of anilines is 1. The van der Waals surface area contributed by atoms with Crippen LogP contribution in [0.2, 0.25) is 5.02 Å². The van der Waals surface area contributed by atoms with E-state index in [0.717, 1.165) is 48.2 Å². The highest BCUT2D eigenvalue weighted by Crippen LogP contribution is 2.30. The Hall–Kier alpha value is -2.97. The zero-order chi connectivity index (χ0) is 23.5. The first kappa shape index (κ1) is 23.7. The number of benzene rings is 2. The number of carbonyl (C=O) groups is 1. The summed E-state index contributed by atoms with van der Waals surface area (Å²) in [5.74, 6) is -2.53. The molecule has 32 heavy (non-hydrogen) atoms. The lowest BCUT2D eigenvalue weighted by atomic mass is 10.2. The maximum Gasteiger partial charge on any atom is 0.573 e. The molecule has 0 atom stereocenters. The van der Waals surface area contributed by atoms with Gasteiger partial charge in [-0.25, -0.2) is 17.8 Å². The summed E-state index contributed by atoms with van der Waals surface area (Å²) in [6.07, 6.45) is -3.79. The Balaban J connectivity index is 1.67. The predicted molar refractivity (Wildman–Crippen MR) is 106 cm³/mol. The van der Waals surface area contributed by atoms with Crippen molar-refractivity contribution in [2.75, 3.05) is 4.72 Å². The van der Waals surface area contributed by atoms with Crippen LogP contribution in [-0.4, -0.2) is 30.0 Å². The average Bonchev–Trinajstić information content (AvgIpc) is 3.19. The van der Waals surface area contributed by atoms with Crippen LogP contribution in [0.15, 0.2) is 47.6 Å². The van der Waals surface area contributed by atoms with Gasteiger partial charge >= 0.3 is 6.36 Å². The van der Waals surface area contributed by atoms with Gasteiger partial charge in [0.1, 0.15) is 22.8 Å². The fraction of sp³-hybridized carbons (Fsp3) is 0.118. The highest BCUT2D eigenvalue weighted by molar-refractivity contribution is 7.93. The van der Waals surface area contributed by atoms with Crippen LogP contribution in [0.4, 0.5) is 22.7 Å². The number of sulfonamides is 1. The van der Waals surface area contributed by atoms with Crippen molar-refractivity contribution in [1.29, 1.82) is 0 Å². The molecule has 170 valence electrons. The Morgan fingerprint density at radius 1 is 1.19 bits per heavy atom. The van der Waals surface area contributed by atoms with Gasteiger partial charge in [-0.05, 0) is 35.9 Å². The first-order valence-electron chi connectivity index (χ1n) is 8.36. The van der Waals surface area contributed by atoms with Crippen LogP contribution in [0, 0.1) is 5.82 Å². The van der Waals surface area contributed by atoms with Crippen molar-refractivity contribution >= 4 is 44.2 Å². The van der Waals surface area contributed by atoms with E-state index in [1.165, 1.54) is 6.07 Å². The minimum Gasteiger partial charge on any atom is -0.404 e. The van der Waals surface area contributed by atoms with Gasteiger partial charge in [0.05, 0.1) is 5.02 Å². The number of rotatable bonds is 7. The van der Waals surface area contributed by atoms with Crippen LogP contribution in [0.25, 0.3) is 0 Å². The highest BCUT2D eigenvalue weighted by atomic mass is 35.5. The van der Waals surface area contributed by atoms with Crippen molar-refractivity contribution in [3.63, 3.8) is 0 Å². The molecule has 3 rings (SSSR count). The maximum atomic E-state index is 14.4. The van der Waals surface area contributed by atoms with Crippen molar-refractivity contribution in [2.45, 2.75) is 17.8 Å². The summed E-state index contributed by atoms with van der Waals surface area (Å²) in [6.45, 7) is -0.148. The van der Waals surface area contributed by atoms with Crippen LogP contribution in [0.5, 0.6) is 5.75 Å². The first-order chi connectivity index (χ1) is 14.9. The van der Waals surface area contributed by atoms with Crippen molar-refractivity contribution in [3.05, 3.63) is 64.7 Å². The van der Waals surface area contributed by atoms with Gasteiger partial charge in [0.25, 0.3) is 15.9 Å². The summed E-state index contributed by atoms with van der Waals surface area (Å²) in [5.41, 5.74) is 0.166. The predicted octanol–water partition coefficient (Wildman–Crippen LogP) is 3.96. The Bertz CT molecular complexity index is 1240. The summed E-state index contributed by atoms with van der Waals surface area (Å²) < 4.78 is 85.1. The van der Waals surface area contributed by atoms with Crippen molar-refractivity contribution < 1.29 is 35.5 Å². The van der Waals surface area contributed by atoms with Gasteiger partial charge in [0, 0.05) is 23.6 Å². The molecule has 3 aromatic rings. The number of aromatic nitrogens is 2. The molecule has 0 fully saturated rings. The number of nitrogens with one attached hydrogen (secondary N) is 2. The van der Waals surface area contributed by atoms with E-state index in [1.54, 1.807) is 0 Å². The number of carbonyl (C=O) groups excluding carboxylic acids is 1. The molecule has 0 aliphatic rings. The lowest BCUT2D eigenvalue weighted by molar-refractivity contribution is -0.274. The SMILES string of the molecule is O=C(NCc1ccc(OC(F)(F)F)c(Cl)c1)c1ccc(S(=O)(=O)Nc2ncns2)c(F)c1. The summed E-state index contributed by atoms with van der Waals surface area (Å²) in [7, 11) is -4.29. The molecule has 2 aromatic carbocycles. The minimum atomic E-state index is -4.91. The van der Waals surface area contributed by atoms with Crippen molar-refractivity contribution in [3.8, 4) is 5.75 Å². The van der Waals surface area contributed by atoms with Crippen LogP contribution in [-0.2, 0) is 16.6 Å². The first-order valence-corrected chi connectivity index (χ1v) is 11.0. The Morgan fingerprint density at radius 3 is 2.53 bits per heavy atom. The van der Waals surface area contributed by atoms with E-state index in [2.05, 4.69) is 24.1 Å². The van der Waals surface area contributed by atoms with Crippen molar-refractivity contribution in [2.24, 2.45) is 0 Å². The number of halogens is 5. The van der Waals surface area contributed by atoms with Gasteiger partial charge in [-0.2, -0.15) is 4.37 Å². The third-order valence-corrected chi connectivity index (χ3v) is 6.12. The number of nitrogens with zero attached hydrogens (tertiary/aromatic N) is 2. The highest BCUT2D eigenvalue weighted by Gasteiger charge is 2.32.